The van der Waals surface area contributed by atoms with E-state index in [1.54, 1.807) is 0 Å². The lowest BCUT2D eigenvalue weighted by Crippen LogP contribution is -2.47. The van der Waals surface area contributed by atoms with E-state index < -0.39 is 4.87 Å². The lowest BCUT2D eigenvalue weighted by molar-refractivity contribution is -0.148. The quantitative estimate of drug-likeness (QED) is 0.512. The van der Waals surface area contributed by atoms with Gasteiger partial charge in [0.15, 0.2) is 0 Å². The van der Waals surface area contributed by atoms with Crippen molar-refractivity contribution in [3.05, 3.63) is 0 Å². The maximum atomic E-state index is 11.7. The minimum Gasteiger partial charge on any atom is -0.468 e. The maximum absolute atomic E-state index is 11.7. The third kappa shape index (κ3) is 2.87. The van der Waals surface area contributed by atoms with Crippen LogP contribution in [-0.2, 0) is 9.53 Å². The fourth-order valence-corrected chi connectivity index (χ4v) is 4.13. The van der Waals surface area contributed by atoms with E-state index in [0.717, 1.165) is 6.42 Å². The van der Waals surface area contributed by atoms with Crippen molar-refractivity contribution < 1.29 is 9.53 Å². The van der Waals surface area contributed by atoms with Gasteiger partial charge in [0.25, 0.3) is 0 Å². The van der Waals surface area contributed by atoms with Gasteiger partial charge in [-0.1, -0.05) is 27.7 Å². The molecule has 0 heterocycles. The number of carbonyl (C=O) groups is 1. The number of rotatable bonds is 1. The molecule has 1 saturated carbocycles. The first-order valence-electron chi connectivity index (χ1n) is 5.38. The number of carbonyl (C=O) groups excluding carboxylic acids is 1. The van der Waals surface area contributed by atoms with Crippen LogP contribution in [0.2, 0.25) is 0 Å². The van der Waals surface area contributed by atoms with Gasteiger partial charge in [-0.05, 0) is 30.1 Å². The van der Waals surface area contributed by atoms with Crippen LogP contribution < -0.4 is 0 Å². The van der Waals surface area contributed by atoms with E-state index in [4.69, 9.17) is 16.3 Å². The molecule has 0 spiro atoms. The fourth-order valence-electron chi connectivity index (χ4n) is 3.33. The van der Waals surface area contributed by atoms with Gasteiger partial charge in [-0.25, -0.2) is 0 Å². The van der Waals surface area contributed by atoms with Gasteiger partial charge in [-0.15, -0.1) is 11.6 Å². The number of alkyl halides is 1. The number of ether oxygens (including phenoxy) is 1. The van der Waals surface area contributed by atoms with Crippen LogP contribution in [0.1, 0.15) is 47.0 Å². The molecule has 0 unspecified atom stereocenters. The van der Waals surface area contributed by atoms with Crippen LogP contribution in [0.3, 0.4) is 0 Å². The van der Waals surface area contributed by atoms with Gasteiger partial charge in [0.2, 0.25) is 0 Å². The second-order valence-corrected chi connectivity index (χ2v) is 7.04. The van der Waals surface area contributed by atoms with Crippen LogP contribution in [0.4, 0.5) is 0 Å². The van der Waals surface area contributed by atoms with Crippen molar-refractivity contribution in [3.63, 3.8) is 0 Å². The second-order valence-electron chi connectivity index (χ2n) is 6.32. The van der Waals surface area contributed by atoms with Gasteiger partial charge in [-0.2, -0.15) is 0 Å². The zero-order valence-corrected chi connectivity index (χ0v) is 11.1. The summed E-state index contributed by atoms with van der Waals surface area (Å²) in [5.74, 6) is -0.287. The van der Waals surface area contributed by atoms with E-state index in [-0.39, 0.29) is 16.8 Å². The number of halogens is 1. The smallest absolute Gasteiger partial charge is 0.326 e. The van der Waals surface area contributed by atoms with Crippen molar-refractivity contribution in [3.8, 4) is 0 Å². The Kier molecular flexibility index (Phi) is 3.13. The van der Waals surface area contributed by atoms with E-state index >= 15 is 0 Å². The highest BCUT2D eigenvalue weighted by atomic mass is 35.5. The molecule has 0 aromatic heterocycles. The Labute approximate surface area is 97.3 Å². The summed E-state index contributed by atoms with van der Waals surface area (Å²) in [6.07, 6.45) is 2.47. The van der Waals surface area contributed by atoms with Gasteiger partial charge >= 0.3 is 5.97 Å². The molecular weight excluding hydrogens is 212 g/mol. The third-order valence-electron chi connectivity index (χ3n) is 3.03. The number of methoxy groups -OCH3 is 1. The minimum atomic E-state index is -0.833. The molecule has 0 saturated heterocycles. The molecule has 0 atom stereocenters. The van der Waals surface area contributed by atoms with Crippen LogP contribution >= 0.6 is 11.6 Å². The average molecular weight is 233 g/mol. The molecule has 15 heavy (non-hydrogen) atoms. The SMILES string of the molecule is COC(=O)C1(Cl)CC(C)(C)CC(C)(C)C1. The highest BCUT2D eigenvalue weighted by Gasteiger charge is 2.51. The van der Waals surface area contributed by atoms with E-state index in [9.17, 15) is 4.79 Å². The highest BCUT2D eigenvalue weighted by molar-refractivity contribution is 6.34. The molecule has 88 valence electrons. The summed E-state index contributed by atoms with van der Waals surface area (Å²) in [4.78, 5) is 10.9. The number of hydrogen-bond acceptors (Lipinski definition) is 2. The molecule has 0 N–H and O–H groups in total. The molecule has 2 nitrogen and oxygen atoms in total. The van der Waals surface area contributed by atoms with Crippen LogP contribution in [0.25, 0.3) is 0 Å². The Morgan fingerprint density at radius 2 is 1.47 bits per heavy atom. The van der Waals surface area contributed by atoms with Gasteiger partial charge in [0.05, 0.1) is 7.11 Å². The van der Waals surface area contributed by atoms with Gasteiger partial charge < -0.3 is 4.74 Å². The van der Waals surface area contributed by atoms with Crippen molar-refractivity contribution in [1.82, 2.24) is 0 Å². The first kappa shape index (κ1) is 12.8. The van der Waals surface area contributed by atoms with E-state index in [0.29, 0.717) is 12.8 Å². The summed E-state index contributed by atoms with van der Waals surface area (Å²) in [5.41, 5.74) is 0.190. The van der Waals surface area contributed by atoms with Crippen LogP contribution in [0, 0.1) is 10.8 Å². The van der Waals surface area contributed by atoms with Crippen LogP contribution in [0.15, 0.2) is 0 Å². The summed E-state index contributed by atoms with van der Waals surface area (Å²) < 4.78 is 4.81. The topological polar surface area (TPSA) is 26.3 Å². The zero-order chi connectivity index (χ0) is 11.9. The maximum Gasteiger partial charge on any atom is 0.326 e. The molecule has 0 aromatic carbocycles. The van der Waals surface area contributed by atoms with Gasteiger partial charge in [-0.3, -0.25) is 4.79 Å². The number of esters is 1. The monoisotopic (exact) mass is 232 g/mol. The summed E-state index contributed by atoms with van der Waals surface area (Å²) in [6.45, 7) is 8.64. The molecule has 3 heteroatoms. The molecule has 1 rings (SSSR count). The van der Waals surface area contributed by atoms with Gasteiger partial charge in [0, 0.05) is 0 Å². The Hall–Kier alpha value is -0.240. The van der Waals surface area contributed by atoms with E-state index in [2.05, 4.69) is 27.7 Å². The van der Waals surface area contributed by atoms with Crippen molar-refractivity contribution in [1.29, 1.82) is 0 Å². The van der Waals surface area contributed by atoms with E-state index in [1.165, 1.54) is 7.11 Å². The normalized spacial score (nSPS) is 27.1. The van der Waals surface area contributed by atoms with Gasteiger partial charge in [0.1, 0.15) is 4.87 Å². The van der Waals surface area contributed by atoms with Crippen molar-refractivity contribution in [2.24, 2.45) is 10.8 Å². The van der Waals surface area contributed by atoms with Crippen LogP contribution in [-0.4, -0.2) is 18.0 Å². The first-order chi connectivity index (χ1) is 6.60. The largest absolute Gasteiger partial charge is 0.468 e. The van der Waals surface area contributed by atoms with E-state index in [1.807, 2.05) is 0 Å². The molecule has 1 fully saturated rings. The summed E-state index contributed by atoms with van der Waals surface area (Å²) >= 11 is 6.42. The van der Waals surface area contributed by atoms with Crippen molar-refractivity contribution >= 4 is 17.6 Å². The average Bonchev–Trinajstić information content (AvgIpc) is 1.95. The lowest BCUT2D eigenvalue weighted by Gasteiger charge is -2.47. The first-order valence-corrected chi connectivity index (χ1v) is 5.75. The van der Waals surface area contributed by atoms with Crippen LogP contribution in [0.5, 0.6) is 0 Å². The Morgan fingerprint density at radius 1 is 1.07 bits per heavy atom. The molecule has 0 radical (unpaired) electrons. The van der Waals surface area contributed by atoms with Crippen molar-refractivity contribution in [2.45, 2.75) is 51.8 Å². The zero-order valence-electron chi connectivity index (χ0n) is 10.3. The Morgan fingerprint density at radius 3 is 1.80 bits per heavy atom. The van der Waals surface area contributed by atoms with Crippen molar-refractivity contribution in [2.75, 3.05) is 7.11 Å². The fraction of sp³-hybridized carbons (Fsp3) is 0.917. The Bertz CT molecular complexity index is 253. The summed E-state index contributed by atoms with van der Waals surface area (Å²) in [5, 5.41) is 0. The molecule has 1 aliphatic carbocycles. The summed E-state index contributed by atoms with van der Waals surface area (Å²) in [6, 6.07) is 0. The molecular formula is C12H21ClO2. The molecule has 0 aliphatic heterocycles. The minimum absolute atomic E-state index is 0.0949. The molecule has 0 amide bonds. The second kappa shape index (κ2) is 3.65. The summed E-state index contributed by atoms with van der Waals surface area (Å²) in [7, 11) is 1.40. The lowest BCUT2D eigenvalue weighted by atomic mass is 9.61. The molecule has 1 aliphatic rings. The Balaban J connectivity index is 2.97. The predicted octanol–water partition coefficient (Wildman–Crippen LogP) is 3.37. The highest BCUT2D eigenvalue weighted by Crippen LogP contribution is 2.52. The predicted molar refractivity (Wildman–Crippen MR) is 62.0 cm³/mol. The molecule has 0 bridgehead atoms. The number of hydrogen-bond donors (Lipinski definition) is 0. The third-order valence-corrected chi connectivity index (χ3v) is 3.45. The molecule has 0 aromatic rings. The standard InChI is InChI=1S/C12H21ClO2/c1-10(2)6-11(3,4)8-12(13,7-10)9(14)15-5/h6-8H2,1-5H3.